The van der Waals surface area contributed by atoms with E-state index in [2.05, 4.69) is 45.9 Å². The maximum atomic E-state index is 13.9. The van der Waals surface area contributed by atoms with Crippen molar-refractivity contribution in [2.45, 2.75) is 43.9 Å². The number of hydrogen-bond donors (Lipinski definition) is 5. The first kappa shape index (κ1) is 38.9. The van der Waals surface area contributed by atoms with Gasteiger partial charge < -0.3 is 40.3 Å². The summed E-state index contributed by atoms with van der Waals surface area (Å²) in [5.41, 5.74) is 5.67. The van der Waals surface area contributed by atoms with E-state index in [0.717, 1.165) is 29.7 Å². The number of imidazole rings is 2. The first-order valence-corrected chi connectivity index (χ1v) is 18.6. The summed E-state index contributed by atoms with van der Waals surface area (Å²) < 4.78 is 9.53. The van der Waals surface area contributed by atoms with Crippen LogP contribution in [0.3, 0.4) is 0 Å². The molecule has 3 aromatic heterocycles. The van der Waals surface area contributed by atoms with Crippen LogP contribution in [0.25, 0.3) is 33.9 Å². The zero-order valence-corrected chi connectivity index (χ0v) is 32.0. The number of likely N-dealkylation sites (tertiary alicyclic amines) is 1. The number of amides is 4. The van der Waals surface area contributed by atoms with Crippen LogP contribution in [-0.2, 0) is 19.1 Å². The molecule has 58 heavy (non-hydrogen) atoms. The van der Waals surface area contributed by atoms with Crippen molar-refractivity contribution in [3.8, 4) is 33.9 Å². The maximum absolute atomic E-state index is 13.9. The Bertz CT molecular complexity index is 2350. The lowest BCUT2D eigenvalue weighted by Gasteiger charge is -2.28. The van der Waals surface area contributed by atoms with Crippen LogP contribution in [-0.4, -0.2) is 79.6 Å². The van der Waals surface area contributed by atoms with Crippen molar-refractivity contribution in [2.75, 3.05) is 20.8 Å². The first-order chi connectivity index (χ1) is 28.2. The lowest BCUT2D eigenvalue weighted by Crippen LogP contribution is -2.42. The van der Waals surface area contributed by atoms with Crippen LogP contribution in [0, 0.1) is 0 Å². The molecule has 1 saturated heterocycles. The van der Waals surface area contributed by atoms with Crippen LogP contribution in [0.4, 0.5) is 9.59 Å². The minimum absolute atomic E-state index is 0.233. The normalized spacial score (nSPS) is 15.2. The highest BCUT2D eigenvalue weighted by Gasteiger charge is 2.37. The second kappa shape index (κ2) is 17.6. The Hall–Kier alpha value is -7.36. The number of benzene rings is 3. The number of carbonyl (C=O) groups excluding carboxylic acids is 4. The largest absolute Gasteiger partial charge is 0.453 e. The lowest BCUT2D eigenvalue weighted by molar-refractivity contribution is -0.134. The molecule has 0 aliphatic carbocycles. The summed E-state index contributed by atoms with van der Waals surface area (Å²) in [4.78, 5) is 78.0. The van der Waals surface area contributed by atoms with Gasteiger partial charge in [0.15, 0.2) is 0 Å². The number of nitrogens with one attached hydrogen (secondary N) is 5. The average molecular weight is 783 g/mol. The summed E-state index contributed by atoms with van der Waals surface area (Å²) in [6.45, 7) is 2.31. The molecule has 6 aromatic rings. The Morgan fingerprint density at radius 2 is 1.26 bits per heavy atom. The zero-order valence-electron chi connectivity index (χ0n) is 32.0. The molecular weight excluding hydrogens is 741 g/mol. The Morgan fingerprint density at radius 3 is 1.90 bits per heavy atom. The number of aromatic amines is 2. The summed E-state index contributed by atoms with van der Waals surface area (Å²) in [5.74, 6) is 0.502. The van der Waals surface area contributed by atoms with E-state index in [9.17, 15) is 19.2 Å². The van der Waals surface area contributed by atoms with Gasteiger partial charge in [-0.1, -0.05) is 84.9 Å². The van der Waals surface area contributed by atoms with Gasteiger partial charge in [0.2, 0.25) is 5.91 Å². The standard InChI is InChI=1S/C42H42N10O6/c1-25(47-39(53)35(50-41(55)57-2)28-11-6-4-7-12-28)37-45-24-33(49-37)32-23-43-30(21-44-32)26-16-18-27(19-17-26)31-22-46-38(48-31)34-15-10-20-52(34)40(54)36(51-42(56)58-3)29-13-8-5-9-14-29/h4-9,11-14,16-19,21-25,34-36H,10,15,20H2,1-3H3,(H,45,49)(H,46,48)(H,47,53)(H,50,55)(H,51,56)/t25-,34-,35+,36?/m0/s1. The monoisotopic (exact) mass is 782 g/mol. The number of alkyl carbamates (subject to hydrolysis) is 2. The zero-order chi connectivity index (χ0) is 40.6. The van der Waals surface area contributed by atoms with Gasteiger partial charge in [-0.3, -0.25) is 19.6 Å². The second-order valence-electron chi connectivity index (χ2n) is 13.6. The van der Waals surface area contributed by atoms with Gasteiger partial charge in [0.25, 0.3) is 5.91 Å². The summed E-state index contributed by atoms with van der Waals surface area (Å²) in [5, 5.41) is 8.17. The fourth-order valence-corrected chi connectivity index (χ4v) is 6.85. The third-order valence-electron chi connectivity index (χ3n) is 9.90. The van der Waals surface area contributed by atoms with E-state index in [4.69, 9.17) is 9.47 Å². The molecule has 1 aliphatic rings. The van der Waals surface area contributed by atoms with E-state index >= 15 is 0 Å². The van der Waals surface area contributed by atoms with Gasteiger partial charge in [-0.05, 0) is 36.5 Å². The van der Waals surface area contributed by atoms with Crippen LogP contribution in [0.1, 0.15) is 66.7 Å². The van der Waals surface area contributed by atoms with E-state index in [-0.39, 0.29) is 11.9 Å². The number of aromatic nitrogens is 6. The molecule has 16 nitrogen and oxygen atoms in total. The predicted octanol–water partition coefficient (Wildman–Crippen LogP) is 5.96. The molecule has 16 heteroatoms. The summed E-state index contributed by atoms with van der Waals surface area (Å²) >= 11 is 0. The number of H-pyrrole nitrogens is 2. The Balaban J connectivity index is 0.990. The first-order valence-electron chi connectivity index (χ1n) is 18.6. The molecule has 1 unspecified atom stereocenters. The SMILES string of the molecule is COC(=O)NC(C(=O)N1CCC[C@H]1c1ncc(-c2ccc(-c3cnc(-c4cnc([C@H](C)NC(=O)[C@H](NC(=O)OC)c5ccccc5)[nH]4)cn3)cc2)[nH]1)c1ccccc1. The Labute approximate surface area is 333 Å². The average Bonchev–Trinajstić information content (AvgIpc) is 4.07. The van der Waals surface area contributed by atoms with Gasteiger partial charge >= 0.3 is 12.2 Å². The van der Waals surface area contributed by atoms with Crippen molar-refractivity contribution in [2.24, 2.45) is 0 Å². The fraction of sp³-hybridized carbons (Fsp3) is 0.238. The molecule has 0 bridgehead atoms. The fourth-order valence-electron chi connectivity index (χ4n) is 6.85. The highest BCUT2D eigenvalue weighted by atomic mass is 16.5. The molecule has 4 amide bonds. The van der Waals surface area contributed by atoms with Gasteiger partial charge in [-0.25, -0.2) is 19.6 Å². The summed E-state index contributed by atoms with van der Waals surface area (Å²) in [6, 6.07) is 23.1. The molecule has 7 rings (SSSR count). The Morgan fingerprint density at radius 1 is 0.672 bits per heavy atom. The molecule has 0 spiro atoms. The molecule has 0 saturated carbocycles. The molecular formula is C42H42N10O6. The number of rotatable bonds is 12. The van der Waals surface area contributed by atoms with Crippen molar-refractivity contribution in [1.29, 1.82) is 0 Å². The molecule has 1 fully saturated rings. The van der Waals surface area contributed by atoms with Crippen LogP contribution >= 0.6 is 0 Å². The van der Waals surface area contributed by atoms with Crippen molar-refractivity contribution in [1.82, 2.24) is 50.8 Å². The van der Waals surface area contributed by atoms with Crippen LogP contribution in [0.5, 0.6) is 0 Å². The Kier molecular flexibility index (Phi) is 11.8. The number of carbonyl (C=O) groups is 4. The van der Waals surface area contributed by atoms with E-state index in [0.29, 0.717) is 46.4 Å². The third kappa shape index (κ3) is 8.70. The highest BCUT2D eigenvalue weighted by molar-refractivity contribution is 5.88. The smallest absolute Gasteiger partial charge is 0.407 e. The van der Waals surface area contributed by atoms with Crippen LogP contribution in [0.15, 0.2) is 110 Å². The van der Waals surface area contributed by atoms with E-state index in [1.807, 2.05) is 48.5 Å². The molecule has 5 N–H and O–H groups in total. The van der Waals surface area contributed by atoms with Crippen molar-refractivity contribution < 1.29 is 28.7 Å². The van der Waals surface area contributed by atoms with Crippen LogP contribution in [0.2, 0.25) is 0 Å². The quantitative estimate of drug-likeness (QED) is 0.0984. The van der Waals surface area contributed by atoms with Gasteiger partial charge in [0, 0.05) is 12.1 Å². The van der Waals surface area contributed by atoms with E-state index in [1.54, 1.807) is 73.0 Å². The lowest BCUT2D eigenvalue weighted by atomic mass is 10.1. The van der Waals surface area contributed by atoms with Gasteiger partial charge in [-0.2, -0.15) is 0 Å². The van der Waals surface area contributed by atoms with Crippen LogP contribution < -0.4 is 16.0 Å². The number of nitrogens with zero attached hydrogens (tertiary/aromatic N) is 5. The molecule has 4 atom stereocenters. The molecule has 1 aliphatic heterocycles. The molecule has 296 valence electrons. The molecule has 3 aromatic carbocycles. The van der Waals surface area contributed by atoms with E-state index < -0.39 is 36.2 Å². The van der Waals surface area contributed by atoms with Crippen molar-refractivity contribution >= 4 is 24.0 Å². The topological polar surface area (TPSA) is 209 Å². The van der Waals surface area contributed by atoms with E-state index in [1.165, 1.54) is 14.2 Å². The number of hydrogen-bond acceptors (Lipinski definition) is 10. The molecule has 0 radical (unpaired) electrons. The van der Waals surface area contributed by atoms with Crippen molar-refractivity contribution in [3.63, 3.8) is 0 Å². The predicted molar refractivity (Wildman–Crippen MR) is 212 cm³/mol. The maximum Gasteiger partial charge on any atom is 0.407 e. The minimum Gasteiger partial charge on any atom is -0.453 e. The van der Waals surface area contributed by atoms with Gasteiger partial charge in [0.05, 0.1) is 68.2 Å². The van der Waals surface area contributed by atoms with Gasteiger partial charge in [-0.15, -0.1) is 0 Å². The number of ether oxygens (including phenoxy) is 2. The number of methoxy groups -OCH3 is 2. The van der Waals surface area contributed by atoms with Gasteiger partial charge in [0.1, 0.15) is 29.4 Å². The summed E-state index contributed by atoms with van der Waals surface area (Å²) in [7, 11) is 2.51. The third-order valence-corrected chi connectivity index (χ3v) is 9.90. The minimum atomic E-state index is -0.965. The summed E-state index contributed by atoms with van der Waals surface area (Å²) in [6.07, 6.45) is 6.82. The van der Waals surface area contributed by atoms with Crippen molar-refractivity contribution in [3.05, 3.63) is 132 Å². The second-order valence-corrected chi connectivity index (χ2v) is 13.6. The highest BCUT2D eigenvalue weighted by Crippen LogP contribution is 2.34. The molecule has 4 heterocycles.